The highest BCUT2D eigenvalue weighted by atomic mass is 16.6. The molecule has 0 spiro atoms. The minimum Gasteiger partial charge on any atom is -0.462 e. The summed E-state index contributed by atoms with van der Waals surface area (Å²) in [5, 5.41) is 25.9. The van der Waals surface area contributed by atoms with E-state index in [-0.39, 0.29) is 5.69 Å². The number of nitrogens with one attached hydrogen (secondary N) is 1. The van der Waals surface area contributed by atoms with Crippen LogP contribution >= 0.6 is 0 Å². The minimum absolute atomic E-state index is 0.251. The molecule has 35 heavy (non-hydrogen) atoms. The third-order valence-electron chi connectivity index (χ3n) is 3.86. The van der Waals surface area contributed by atoms with Crippen LogP contribution < -0.4 is 5.43 Å². The Morgan fingerprint density at radius 2 is 1.54 bits per heavy atom. The third-order valence-corrected chi connectivity index (χ3v) is 3.86. The standard InChI is InChI=1S/C19H22N4O12/c1-10(24)32-9-18(34-12(3)26)19(35-13(4)27)17(33-11(2)25)8-20-21-15-6-5-14(22(28)29)7-16(15)23(30)31/h5-8,17-19,21H,9H2,1-4H3/b20-8+/t17-,18+,19+/m0/s1. The SMILES string of the molecule is CC(=O)OC[C@@H](OC(C)=O)[C@H](OC(C)=O)[C@H](/C=N/Nc1ccc([N+](=O)[O-])cc1[N+](=O)[O-])OC(C)=O. The molecule has 0 bridgehead atoms. The molecule has 16 nitrogen and oxygen atoms in total. The van der Waals surface area contributed by atoms with Gasteiger partial charge in [-0.15, -0.1) is 0 Å². The Labute approximate surface area is 197 Å². The zero-order valence-electron chi connectivity index (χ0n) is 19.0. The van der Waals surface area contributed by atoms with Gasteiger partial charge < -0.3 is 18.9 Å². The van der Waals surface area contributed by atoms with Crippen LogP contribution in [-0.4, -0.2) is 64.9 Å². The average molecular weight is 498 g/mol. The van der Waals surface area contributed by atoms with E-state index in [0.29, 0.717) is 6.07 Å². The second kappa shape index (κ2) is 13.2. The number of hydrazone groups is 1. The molecule has 190 valence electrons. The summed E-state index contributed by atoms with van der Waals surface area (Å²) >= 11 is 0. The maximum absolute atomic E-state index is 11.7. The Bertz CT molecular complexity index is 1030. The predicted octanol–water partition coefficient (Wildman–Crippen LogP) is 1.26. The lowest BCUT2D eigenvalue weighted by atomic mass is 10.1. The Kier molecular flexibility index (Phi) is 10.7. The van der Waals surface area contributed by atoms with Gasteiger partial charge in [0.1, 0.15) is 12.3 Å². The van der Waals surface area contributed by atoms with Gasteiger partial charge in [0, 0.05) is 33.8 Å². The predicted molar refractivity (Wildman–Crippen MR) is 115 cm³/mol. The molecule has 1 N–H and O–H groups in total. The molecule has 1 aromatic rings. The number of nitrogens with zero attached hydrogens (tertiary/aromatic N) is 3. The van der Waals surface area contributed by atoms with Gasteiger partial charge in [0.25, 0.3) is 5.69 Å². The van der Waals surface area contributed by atoms with Crippen molar-refractivity contribution in [3.63, 3.8) is 0 Å². The molecule has 1 aromatic carbocycles. The van der Waals surface area contributed by atoms with Crippen molar-refractivity contribution < 1.29 is 48.0 Å². The highest BCUT2D eigenvalue weighted by molar-refractivity contribution is 5.75. The zero-order chi connectivity index (χ0) is 26.7. The minimum atomic E-state index is -1.54. The van der Waals surface area contributed by atoms with Gasteiger partial charge in [-0.2, -0.15) is 5.10 Å². The van der Waals surface area contributed by atoms with Crippen molar-refractivity contribution >= 4 is 47.2 Å². The van der Waals surface area contributed by atoms with Crippen LogP contribution in [0.15, 0.2) is 23.3 Å². The van der Waals surface area contributed by atoms with Gasteiger partial charge in [-0.05, 0) is 6.07 Å². The normalized spacial score (nSPS) is 13.1. The molecule has 1 rings (SSSR count). The first-order valence-corrected chi connectivity index (χ1v) is 9.68. The number of non-ortho nitro benzene ring substituents is 1. The average Bonchev–Trinajstić information content (AvgIpc) is 2.73. The van der Waals surface area contributed by atoms with Crippen LogP contribution in [0.1, 0.15) is 27.7 Å². The van der Waals surface area contributed by atoms with Gasteiger partial charge >= 0.3 is 29.6 Å². The van der Waals surface area contributed by atoms with E-state index in [4.69, 9.17) is 18.9 Å². The van der Waals surface area contributed by atoms with Gasteiger partial charge in [0.05, 0.1) is 22.1 Å². The number of benzene rings is 1. The van der Waals surface area contributed by atoms with Gasteiger partial charge in [0.15, 0.2) is 18.3 Å². The van der Waals surface area contributed by atoms with Gasteiger partial charge in [0.2, 0.25) is 0 Å². The fourth-order valence-electron chi connectivity index (χ4n) is 2.59. The van der Waals surface area contributed by atoms with Crippen LogP contribution in [0, 0.1) is 20.2 Å². The summed E-state index contributed by atoms with van der Waals surface area (Å²) < 4.78 is 20.1. The van der Waals surface area contributed by atoms with Crippen LogP contribution in [0.25, 0.3) is 0 Å². The maximum atomic E-state index is 11.7. The molecule has 0 amide bonds. The number of esters is 4. The number of carbonyl (C=O) groups excluding carboxylic acids is 4. The molecule has 0 aromatic heterocycles. The molecule has 0 saturated carbocycles. The topological polar surface area (TPSA) is 216 Å². The lowest BCUT2D eigenvalue weighted by Gasteiger charge is -2.29. The summed E-state index contributed by atoms with van der Waals surface area (Å²) in [6.07, 6.45) is -3.62. The molecule has 0 saturated heterocycles. The summed E-state index contributed by atoms with van der Waals surface area (Å²) in [7, 11) is 0. The maximum Gasteiger partial charge on any atom is 0.303 e. The molecule has 0 aliphatic rings. The van der Waals surface area contributed by atoms with Crippen molar-refractivity contribution in [1.82, 2.24) is 0 Å². The van der Waals surface area contributed by atoms with Crippen molar-refractivity contribution in [3.05, 3.63) is 38.4 Å². The number of anilines is 1. The first kappa shape index (κ1) is 28.4. The third kappa shape index (κ3) is 9.80. The van der Waals surface area contributed by atoms with E-state index in [1.807, 2.05) is 0 Å². The number of hydrogen-bond acceptors (Lipinski definition) is 14. The molecule has 0 aliphatic heterocycles. The van der Waals surface area contributed by atoms with Crippen molar-refractivity contribution in [2.45, 2.75) is 46.0 Å². The number of hydrogen-bond donors (Lipinski definition) is 1. The van der Waals surface area contributed by atoms with Crippen molar-refractivity contribution in [2.75, 3.05) is 12.0 Å². The van der Waals surface area contributed by atoms with Gasteiger partial charge in [-0.25, -0.2) is 0 Å². The molecule has 0 unspecified atom stereocenters. The fourth-order valence-corrected chi connectivity index (χ4v) is 2.59. The van der Waals surface area contributed by atoms with E-state index in [2.05, 4.69) is 10.5 Å². The number of nitro groups is 2. The highest BCUT2D eigenvalue weighted by Gasteiger charge is 2.37. The van der Waals surface area contributed by atoms with E-state index in [1.165, 1.54) is 0 Å². The van der Waals surface area contributed by atoms with Gasteiger partial charge in [-0.1, -0.05) is 0 Å². The summed E-state index contributed by atoms with van der Waals surface area (Å²) in [6.45, 7) is 3.59. The van der Waals surface area contributed by atoms with Crippen molar-refractivity contribution in [2.24, 2.45) is 5.10 Å². The molecular weight excluding hydrogens is 476 g/mol. The summed E-state index contributed by atoms with van der Waals surface area (Å²) in [4.78, 5) is 66.5. The van der Waals surface area contributed by atoms with Crippen LogP contribution in [0.2, 0.25) is 0 Å². The first-order chi connectivity index (χ1) is 16.3. The van der Waals surface area contributed by atoms with Crippen LogP contribution in [0.4, 0.5) is 17.1 Å². The monoisotopic (exact) mass is 498 g/mol. The zero-order valence-corrected chi connectivity index (χ0v) is 19.0. The molecule has 16 heteroatoms. The van der Waals surface area contributed by atoms with E-state index < -0.39 is 70.0 Å². The van der Waals surface area contributed by atoms with Gasteiger partial charge in [-0.3, -0.25) is 44.8 Å². The summed E-state index contributed by atoms with van der Waals surface area (Å²) in [5.41, 5.74) is 0.822. The summed E-state index contributed by atoms with van der Waals surface area (Å²) in [6, 6.07) is 2.73. The Balaban J connectivity index is 3.33. The smallest absolute Gasteiger partial charge is 0.303 e. The lowest BCUT2D eigenvalue weighted by Crippen LogP contribution is -2.48. The van der Waals surface area contributed by atoms with Crippen LogP contribution in [-0.2, 0) is 38.1 Å². The number of ether oxygens (including phenoxy) is 4. The molecule has 0 fully saturated rings. The summed E-state index contributed by atoms with van der Waals surface area (Å²) in [5.74, 6) is -3.32. The van der Waals surface area contributed by atoms with E-state index >= 15 is 0 Å². The Morgan fingerprint density at radius 1 is 0.943 bits per heavy atom. The molecule has 0 heterocycles. The van der Waals surface area contributed by atoms with Crippen LogP contribution in [0.5, 0.6) is 0 Å². The first-order valence-electron chi connectivity index (χ1n) is 9.68. The van der Waals surface area contributed by atoms with Crippen molar-refractivity contribution in [1.29, 1.82) is 0 Å². The molecular formula is C19H22N4O12. The van der Waals surface area contributed by atoms with E-state index in [0.717, 1.165) is 46.0 Å². The largest absolute Gasteiger partial charge is 0.462 e. The second-order valence-corrected chi connectivity index (χ2v) is 6.70. The quantitative estimate of drug-likeness (QED) is 0.141. The molecule has 0 radical (unpaired) electrons. The molecule has 0 aliphatic carbocycles. The fraction of sp³-hybridized carbons (Fsp3) is 0.421. The van der Waals surface area contributed by atoms with Crippen molar-refractivity contribution in [3.8, 4) is 0 Å². The Hall–Kier alpha value is -4.63. The second-order valence-electron chi connectivity index (χ2n) is 6.70. The highest BCUT2D eigenvalue weighted by Crippen LogP contribution is 2.29. The molecule has 3 atom stereocenters. The van der Waals surface area contributed by atoms with E-state index in [1.54, 1.807) is 0 Å². The number of rotatable bonds is 12. The lowest BCUT2D eigenvalue weighted by molar-refractivity contribution is -0.393. The Morgan fingerprint density at radius 3 is 2.03 bits per heavy atom. The van der Waals surface area contributed by atoms with Crippen LogP contribution in [0.3, 0.4) is 0 Å². The van der Waals surface area contributed by atoms with E-state index in [9.17, 15) is 39.4 Å². The number of carbonyl (C=O) groups is 4. The number of nitro benzene ring substituents is 2.